The highest BCUT2D eigenvalue weighted by atomic mass is 16.3. The minimum absolute atomic E-state index is 0.00210. The summed E-state index contributed by atoms with van der Waals surface area (Å²) >= 11 is 0. The largest absolute Gasteiger partial charge is 0.385 e. The highest BCUT2D eigenvalue weighted by Gasteiger charge is 2.62. The molecule has 3 rings (SSSR count). The van der Waals surface area contributed by atoms with Gasteiger partial charge in [0.2, 0.25) is 0 Å². The molecule has 22 heavy (non-hydrogen) atoms. The monoisotopic (exact) mass is 300 g/mol. The van der Waals surface area contributed by atoms with Crippen LogP contribution in [0.4, 0.5) is 0 Å². The Balaban J connectivity index is 2.14. The van der Waals surface area contributed by atoms with Gasteiger partial charge in [0, 0.05) is 10.8 Å². The van der Waals surface area contributed by atoms with Gasteiger partial charge in [0.05, 0.1) is 5.60 Å². The van der Waals surface area contributed by atoms with E-state index in [0.717, 1.165) is 36.8 Å². The molecular formula is C21H32O. The molecule has 0 aromatic rings. The van der Waals surface area contributed by atoms with E-state index in [9.17, 15) is 5.11 Å². The van der Waals surface area contributed by atoms with Crippen molar-refractivity contribution in [2.24, 2.45) is 22.2 Å². The molecule has 3 aliphatic carbocycles. The van der Waals surface area contributed by atoms with Gasteiger partial charge >= 0.3 is 0 Å². The van der Waals surface area contributed by atoms with Gasteiger partial charge in [-0.3, -0.25) is 0 Å². The van der Waals surface area contributed by atoms with Crippen LogP contribution >= 0.6 is 0 Å². The summed E-state index contributed by atoms with van der Waals surface area (Å²) in [5, 5.41) is 11.8. The van der Waals surface area contributed by atoms with Gasteiger partial charge < -0.3 is 5.11 Å². The quantitative estimate of drug-likeness (QED) is 0.641. The van der Waals surface area contributed by atoms with E-state index in [0.29, 0.717) is 5.92 Å². The molecule has 122 valence electrons. The topological polar surface area (TPSA) is 20.2 Å². The van der Waals surface area contributed by atoms with E-state index in [1.54, 1.807) is 0 Å². The smallest absolute Gasteiger partial charge is 0.0952 e. The van der Waals surface area contributed by atoms with Crippen LogP contribution < -0.4 is 0 Å². The van der Waals surface area contributed by atoms with Crippen LogP contribution in [-0.4, -0.2) is 10.7 Å². The molecule has 0 aliphatic heterocycles. The highest BCUT2D eigenvalue weighted by molar-refractivity contribution is 5.47. The van der Waals surface area contributed by atoms with E-state index in [2.05, 4.69) is 46.9 Å². The van der Waals surface area contributed by atoms with Crippen LogP contribution in [0.2, 0.25) is 0 Å². The second-order valence-electron chi connectivity index (χ2n) is 9.25. The van der Waals surface area contributed by atoms with Crippen LogP contribution in [0.5, 0.6) is 0 Å². The molecule has 3 aliphatic rings. The lowest BCUT2D eigenvalue weighted by Crippen LogP contribution is -2.61. The average molecular weight is 300 g/mol. The third-order valence-corrected chi connectivity index (χ3v) is 7.42. The first kappa shape index (κ1) is 16.1. The van der Waals surface area contributed by atoms with E-state index >= 15 is 0 Å². The maximum atomic E-state index is 11.8. The number of hydrogen-bond acceptors (Lipinski definition) is 1. The number of hydrogen-bond donors (Lipinski definition) is 1. The maximum absolute atomic E-state index is 11.8. The summed E-state index contributed by atoms with van der Waals surface area (Å²) in [5.74, 6) is 0.525. The van der Waals surface area contributed by atoms with Crippen LogP contribution in [0.15, 0.2) is 36.5 Å². The molecule has 0 spiro atoms. The maximum Gasteiger partial charge on any atom is 0.0952 e. The Morgan fingerprint density at radius 1 is 1.14 bits per heavy atom. The average Bonchev–Trinajstić information content (AvgIpc) is 2.44. The van der Waals surface area contributed by atoms with E-state index in [-0.39, 0.29) is 16.2 Å². The number of allylic oxidation sites excluding steroid dienone is 2. The van der Waals surface area contributed by atoms with E-state index < -0.39 is 5.60 Å². The van der Waals surface area contributed by atoms with Crippen molar-refractivity contribution in [3.05, 3.63) is 36.5 Å². The van der Waals surface area contributed by atoms with Crippen LogP contribution in [0.1, 0.15) is 66.2 Å². The van der Waals surface area contributed by atoms with Crippen molar-refractivity contribution in [3.63, 3.8) is 0 Å². The van der Waals surface area contributed by atoms with Crippen molar-refractivity contribution in [2.75, 3.05) is 0 Å². The molecule has 2 fully saturated rings. The first-order valence-corrected chi connectivity index (χ1v) is 8.85. The fraction of sp³-hybridized carbons (Fsp3) is 0.714. The van der Waals surface area contributed by atoms with Gasteiger partial charge in [-0.2, -0.15) is 0 Å². The number of fused-ring (bicyclic) bond motifs is 3. The van der Waals surface area contributed by atoms with E-state index in [4.69, 9.17) is 0 Å². The van der Waals surface area contributed by atoms with Gasteiger partial charge in [0.1, 0.15) is 0 Å². The molecular weight excluding hydrogens is 268 g/mol. The van der Waals surface area contributed by atoms with Crippen molar-refractivity contribution < 1.29 is 5.11 Å². The minimum atomic E-state index is -0.701. The predicted octanol–water partition coefficient (Wildman–Crippen LogP) is 5.42. The standard InChI is InChI=1S/C21H32O/c1-7-19(5)11-12-21(22)16(14-19)15(2)13-17-18(3,4)9-8-10-20(17,21)6/h7,14,17,22H,1-2,8-13H2,3-6H3/t17-,19-,20-,21+/m0/s1. The molecule has 1 heteroatoms. The predicted molar refractivity (Wildman–Crippen MR) is 93.6 cm³/mol. The van der Waals surface area contributed by atoms with E-state index in [1.807, 2.05) is 6.08 Å². The molecule has 4 atom stereocenters. The summed E-state index contributed by atoms with van der Waals surface area (Å²) in [6, 6.07) is 0. The molecule has 0 aromatic carbocycles. The Morgan fingerprint density at radius 3 is 2.45 bits per heavy atom. The summed E-state index contributed by atoms with van der Waals surface area (Å²) in [5.41, 5.74) is 1.84. The van der Waals surface area contributed by atoms with Crippen LogP contribution in [-0.2, 0) is 0 Å². The molecule has 0 aromatic heterocycles. The third-order valence-electron chi connectivity index (χ3n) is 7.42. The molecule has 1 N–H and O–H groups in total. The van der Waals surface area contributed by atoms with Crippen molar-refractivity contribution in [1.82, 2.24) is 0 Å². The lowest BCUT2D eigenvalue weighted by atomic mass is 9.43. The molecule has 0 amide bonds. The fourth-order valence-corrected chi connectivity index (χ4v) is 5.73. The molecule has 0 saturated heterocycles. The second kappa shape index (κ2) is 4.60. The number of aliphatic hydroxyl groups is 1. The van der Waals surface area contributed by atoms with Gasteiger partial charge in [-0.15, -0.1) is 6.58 Å². The van der Waals surface area contributed by atoms with Crippen LogP contribution in [0, 0.1) is 22.2 Å². The molecule has 0 heterocycles. The van der Waals surface area contributed by atoms with Crippen molar-refractivity contribution in [1.29, 1.82) is 0 Å². The van der Waals surface area contributed by atoms with Gasteiger partial charge in [0.25, 0.3) is 0 Å². The Bertz CT molecular complexity index is 554. The highest BCUT2D eigenvalue weighted by Crippen LogP contribution is 2.66. The normalized spacial score (nSPS) is 47.2. The first-order chi connectivity index (χ1) is 10.1. The van der Waals surface area contributed by atoms with Gasteiger partial charge in [-0.05, 0) is 54.6 Å². The van der Waals surface area contributed by atoms with Crippen LogP contribution in [0.3, 0.4) is 0 Å². The summed E-state index contributed by atoms with van der Waals surface area (Å²) in [6.45, 7) is 17.7. The fourth-order valence-electron chi connectivity index (χ4n) is 5.73. The summed E-state index contributed by atoms with van der Waals surface area (Å²) < 4.78 is 0. The Morgan fingerprint density at radius 2 is 1.82 bits per heavy atom. The second-order valence-corrected chi connectivity index (χ2v) is 9.25. The molecule has 0 unspecified atom stereocenters. The summed E-state index contributed by atoms with van der Waals surface area (Å²) in [4.78, 5) is 0. The van der Waals surface area contributed by atoms with Crippen molar-refractivity contribution >= 4 is 0 Å². The zero-order valence-corrected chi connectivity index (χ0v) is 14.8. The number of rotatable bonds is 1. The molecule has 1 nitrogen and oxygen atoms in total. The Labute approximate surface area is 136 Å². The Kier molecular flexibility index (Phi) is 3.36. The van der Waals surface area contributed by atoms with Crippen molar-refractivity contribution in [3.8, 4) is 0 Å². The summed E-state index contributed by atoms with van der Waals surface area (Å²) in [7, 11) is 0. The van der Waals surface area contributed by atoms with Gasteiger partial charge in [-0.1, -0.05) is 52.8 Å². The lowest BCUT2D eigenvalue weighted by molar-refractivity contribution is -0.153. The zero-order chi connectivity index (χ0) is 16.4. The van der Waals surface area contributed by atoms with E-state index in [1.165, 1.54) is 12.8 Å². The van der Waals surface area contributed by atoms with Gasteiger partial charge in [0.15, 0.2) is 0 Å². The third kappa shape index (κ3) is 1.94. The van der Waals surface area contributed by atoms with Gasteiger partial charge in [-0.25, -0.2) is 0 Å². The Hall–Kier alpha value is -0.820. The summed E-state index contributed by atoms with van der Waals surface area (Å²) in [6.07, 6.45) is 10.8. The molecule has 2 saturated carbocycles. The molecule has 0 radical (unpaired) electrons. The first-order valence-electron chi connectivity index (χ1n) is 8.85. The minimum Gasteiger partial charge on any atom is -0.385 e. The lowest BCUT2D eigenvalue weighted by Gasteiger charge is -2.63. The van der Waals surface area contributed by atoms with Crippen molar-refractivity contribution in [2.45, 2.75) is 71.8 Å². The molecule has 0 bridgehead atoms. The SMILES string of the molecule is C=C[C@]1(C)C=C2C(=C)C[C@H]3C(C)(C)CCC[C@]3(C)[C@@]2(O)CC1. The zero-order valence-electron chi connectivity index (χ0n) is 14.8. The van der Waals surface area contributed by atoms with Crippen LogP contribution in [0.25, 0.3) is 0 Å².